The number of carbonyl (C=O) groups is 1. The number of nitrogens with zero attached hydrogens (tertiary/aromatic N) is 1. The number of rotatable bonds is 6. The Labute approximate surface area is 175 Å². The van der Waals surface area contributed by atoms with Crippen LogP contribution in [0.15, 0.2) is 47.4 Å². The second-order valence-electron chi connectivity index (χ2n) is 6.77. The Morgan fingerprint density at radius 2 is 1.68 bits per heavy atom. The molecule has 0 bridgehead atoms. The van der Waals surface area contributed by atoms with Crippen molar-refractivity contribution in [2.24, 2.45) is 0 Å². The standard InChI is InChI=1S/C20H22Cl2N2O3S/c21-16-6-4-15(19(22)14-16)5-11-20(25)23-17-7-9-18(10-8-17)28(26,27)24-12-2-1-3-13-24/h4,6-10,14H,1-3,5,11-13H2,(H,23,25). The normalized spacial score (nSPS) is 15.4. The van der Waals surface area contributed by atoms with E-state index >= 15 is 0 Å². The maximum atomic E-state index is 12.7. The number of anilines is 1. The molecule has 0 aromatic heterocycles. The highest BCUT2D eigenvalue weighted by molar-refractivity contribution is 7.89. The molecule has 2 aromatic rings. The van der Waals surface area contributed by atoms with Gasteiger partial charge in [0, 0.05) is 35.2 Å². The summed E-state index contributed by atoms with van der Waals surface area (Å²) in [4.78, 5) is 12.4. The molecule has 0 radical (unpaired) electrons. The van der Waals surface area contributed by atoms with Crippen LogP contribution in [0.4, 0.5) is 5.69 Å². The van der Waals surface area contributed by atoms with Crippen LogP contribution in [0.2, 0.25) is 10.0 Å². The quantitative estimate of drug-likeness (QED) is 0.704. The van der Waals surface area contributed by atoms with E-state index in [1.807, 2.05) is 0 Å². The molecule has 0 atom stereocenters. The summed E-state index contributed by atoms with van der Waals surface area (Å²) in [6, 6.07) is 11.5. The van der Waals surface area contributed by atoms with E-state index in [9.17, 15) is 13.2 Å². The lowest BCUT2D eigenvalue weighted by molar-refractivity contribution is -0.116. The largest absolute Gasteiger partial charge is 0.326 e. The molecule has 0 aliphatic carbocycles. The van der Waals surface area contributed by atoms with Crippen molar-refractivity contribution in [3.8, 4) is 0 Å². The number of carbonyl (C=O) groups excluding carboxylic acids is 1. The van der Waals surface area contributed by atoms with E-state index in [-0.39, 0.29) is 17.2 Å². The zero-order valence-corrected chi connectivity index (χ0v) is 17.7. The van der Waals surface area contributed by atoms with Gasteiger partial charge in [0.15, 0.2) is 0 Å². The van der Waals surface area contributed by atoms with Gasteiger partial charge in [-0.3, -0.25) is 4.79 Å². The summed E-state index contributed by atoms with van der Waals surface area (Å²) in [5.74, 6) is -0.169. The van der Waals surface area contributed by atoms with Crippen molar-refractivity contribution in [1.29, 1.82) is 0 Å². The maximum Gasteiger partial charge on any atom is 0.243 e. The van der Waals surface area contributed by atoms with Gasteiger partial charge in [-0.15, -0.1) is 0 Å². The van der Waals surface area contributed by atoms with E-state index in [1.165, 1.54) is 16.4 Å². The fourth-order valence-corrected chi connectivity index (χ4v) is 5.18. The van der Waals surface area contributed by atoms with Gasteiger partial charge < -0.3 is 5.32 Å². The molecular weight excluding hydrogens is 419 g/mol. The van der Waals surface area contributed by atoms with Crippen LogP contribution in [0.5, 0.6) is 0 Å². The predicted octanol–water partition coefficient (Wildman–Crippen LogP) is 4.74. The van der Waals surface area contributed by atoms with Gasteiger partial charge in [0.2, 0.25) is 15.9 Å². The molecule has 28 heavy (non-hydrogen) atoms. The Hall–Kier alpha value is -1.60. The van der Waals surface area contributed by atoms with E-state index in [0.29, 0.717) is 35.2 Å². The first kappa shape index (κ1) is 21.1. The molecule has 5 nitrogen and oxygen atoms in total. The van der Waals surface area contributed by atoms with Crippen LogP contribution in [-0.4, -0.2) is 31.7 Å². The van der Waals surface area contributed by atoms with Crippen LogP contribution in [-0.2, 0) is 21.2 Å². The Morgan fingerprint density at radius 3 is 2.32 bits per heavy atom. The molecule has 0 spiro atoms. The zero-order valence-electron chi connectivity index (χ0n) is 15.3. The fraction of sp³-hybridized carbons (Fsp3) is 0.350. The van der Waals surface area contributed by atoms with Gasteiger partial charge in [-0.25, -0.2) is 8.42 Å². The average molecular weight is 441 g/mol. The molecule has 0 saturated carbocycles. The molecule has 1 N–H and O–H groups in total. The van der Waals surface area contributed by atoms with E-state index in [4.69, 9.17) is 23.2 Å². The van der Waals surface area contributed by atoms with Crippen molar-refractivity contribution >= 4 is 44.8 Å². The lowest BCUT2D eigenvalue weighted by Gasteiger charge is -2.25. The molecule has 1 amide bonds. The zero-order chi connectivity index (χ0) is 20.1. The van der Waals surface area contributed by atoms with Crippen molar-refractivity contribution in [3.05, 3.63) is 58.1 Å². The van der Waals surface area contributed by atoms with Crippen molar-refractivity contribution in [3.63, 3.8) is 0 Å². The van der Waals surface area contributed by atoms with Crippen LogP contribution in [0.3, 0.4) is 0 Å². The van der Waals surface area contributed by atoms with Crippen molar-refractivity contribution in [2.75, 3.05) is 18.4 Å². The lowest BCUT2D eigenvalue weighted by atomic mass is 10.1. The number of hydrogen-bond donors (Lipinski definition) is 1. The predicted molar refractivity (Wildman–Crippen MR) is 112 cm³/mol. The van der Waals surface area contributed by atoms with Gasteiger partial charge in [0.05, 0.1) is 4.90 Å². The van der Waals surface area contributed by atoms with Crippen LogP contribution in [0.1, 0.15) is 31.2 Å². The van der Waals surface area contributed by atoms with Crippen molar-refractivity contribution < 1.29 is 13.2 Å². The number of nitrogens with one attached hydrogen (secondary N) is 1. The van der Waals surface area contributed by atoms with E-state index in [0.717, 1.165) is 24.8 Å². The first-order valence-electron chi connectivity index (χ1n) is 9.20. The number of piperidine rings is 1. The fourth-order valence-electron chi connectivity index (χ4n) is 3.16. The molecule has 1 saturated heterocycles. The SMILES string of the molecule is O=C(CCc1ccc(Cl)cc1Cl)Nc1ccc(S(=O)(=O)N2CCCCC2)cc1. The molecule has 2 aromatic carbocycles. The average Bonchev–Trinajstić information content (AvgIpc) is 2.68. The third-order valence-electron chi connectivity index (χ3n) is 4.73. The number of halogens is 2. The second-order valence-corrected chi connectivity index (χ2v) is 9.55. The topological polar surface area (TPSA) is 66.5 Å². The lowest BCUT2D eigenvalue weighted by Crippen LogP contribution is -2.35. The molecule has 150 valence electrons. The molecule has 1 aliphatic rings. The number of sulfonamides is 1. The summed E-state index contributed by atoms with van der Waals surface area (Å²) in [7, 11) is -3.47. The second kappa shape index (κ2) is 9.27. The molecule has 1 heterocycles. The Bertz CT molecular complexity index is 940. The molecular formula is C20H22Cl2N2O3S. The number of amides is 1. The molecule has 1 fully saturated rings. The monoisotopic (exact) mass is 440 g/mol. The van der Waals surface area contributed by atoms with Gasteiger partial charge >= 0.3 is 0 Å². The molecule has 1 aliphatic heterocycles. The Balaban J connectivity index is 1.58. The molecule has 3 rings (SSSR count). The van der Waals surface area contributed by atoms with E-state index in [1.54, 1.807) is 30.3 Å². The summed E-state index contributed by atoms with van der Waals surface area (Å²) in [6.07, 6.45) is 3.60. The van der Waals surface area contributed by atoms with Crippen molar-refractivity contribution in [2.45, 2.75) is 37.0 Å². The van der Waals surface area contributed by atoms with Crippen molar-refractivity contribution in [1.82, 2.24) is 4.31 Å². The summed E-state index contributed by atoms with van der Waals surface area (Å²) < 4.78 is 26.8. The Morgan fingerprint density at radius 1 is 1.00 bits per heavy atom. The van der Waals surface area contributed by atoms with Gasteiger partial charge in [-0.05, 0) is 61.2 Å². The summed E-state index contributed by atoms with van der Waals surface area (Å²) in [5.41, 5.74) is 1.41. The first-order valence-corrected chi connectivity index (χ1v) is 11.4. The first-order chi connectivity index (χ1) is 13.4. The van der Waals surface area contributed by atoms with Crippen LogP contribution >= 0.6 is 23.2 Å². The number of hydrogen-bond acceptors (Lipinski definition) is 3. The molecule has 0 unspecified atom stereocenters. The van der Waals surface area contributed by atoms with Gasteiger partial charge in [0.25, 0.3) is 0 Å². The van der Waals surface area contributed by atoms with E-state index in [2.05, 4.69) is 5.32 Å². The third-order valence-corrected chi connectivity index (χ3v) is 7.23. The van der Waals surface area contributed by atoms with Crippen LogP contribution < -0.4 is 5.32 Å². The van der Waals surface area contributed by atoms with Gasteiger partial charge in [0.1, 0.15) is 0 Å². The number of aryl methyl sites for hydroxylation is 1. The minimum Gasteiger partial charge on any atom is -0.326 e. The minimum atomic E-state index is -3.47. The molecule has 8 heteroatoms. The summed E-state index contributed by atoms with van der Waals surface area (Å²) >= 11 is 12.0. The van der Waals surface area contributed by atoms with E-state index < -0.39 is 10.0 Å². The maximum absolute atomic E-state index is 12.7. The van der Waals surface area contributed by atoms with Crippen LogP contribution in [0, 0.1) is 0 Å². The third kappa shape index (κ3) is 5.26. The minimum absolute atomic E-state index is 0.169. The van der Waals surface area contributed by atoms with Gasteiger partial charge in [-0.2, -0.15) is 4.31 Å². The Kier molecular flexibility index (Phi) is 6.99. The summed E-state index contributed by atoms with van der Waals surface area (Å²) in [6.45, 7) is 1.13. The highest BCUT2D eigenvalue weighted by Crippen LogP contribution is 2.23. The number of benzene rings is 2. The highest BCUT2D eigenvalue weighted by atomic mass is 35.5. The van der Waals surface area contributed by atoms with Crippen LogP contribution in [0.25, 0.3) is 0 Å². The highest BCUT2D eigenvalue weighted by Gasteiger charge is 2.25. The van der Waals surface area contributed by atoms with Gasteiger partial charge in [-0.1, -0.05) is 35.7 Å². The smallest absolute Gasteiger partial charge is 0.243 e. The summed E-state index contributed by atoms with van der Waals surface area (Å²) in [5, 5.41) is 3.87.